The average Bonchev–Trinajstić information content (AvgIpc) is 3.02. The zero-order valence-corrected chi connectivity index (χ0v) is 16.1. The first kappa shape index (κ1) is 19.2. The third-order valence-electron chi connectivity index (χ3n) is 6.11. The van der Waals surface area contributed by atoms with Gasteiger partial charge in [-0.3, -0.25) is 4.90 Å². The average molecular weight is 421 g/mol. The predicted molar refractivity (Wildman–Crippen MR) is 98.9 cm³/mol. The molecule has 0 N–H and O–H groups in total. The highest BCUT2D eigenvalue weighted by Gasteiger charge is 2.55. The molecule has 3 aromatic rings. The Balaban J connectivity index is 1.15. The van der Waals surface area contributed by atoms with E-state index in [1.54, 1.807) is 6.20 Å². The second kappa shape index (κ2) is 6.90. The van der Waals surface area contributed by atoms with Gasteiger partial charge in [0.1, 0.15) is 5.82 Å². The van der Waals surface area contributed by atoms with Gasteiger partial charge in [-0.2, -0.15) is 13.2 Å². The van der Waals surface area contributed by atoms with Crippen molar-refractivity contribution in [2.75, 3.05) is 19.7 Å². The smallest absolute Gasteiger partial charge is 0.417 e. The number of ether oxygens (including phenoxy) is 1. The van der Waals surface area contributed by atoms with Crippen molar-refractivity contribution in [1.82, 2.24) is 24.4 Å². The summed E-state index contributed by atoms with van der Waals surface area (Å²) < 4.78 is 59.1. The Morgan fingerprint density at radius 3 is 2.63 bits per heavy atom. The lowest BCUT2D eigenvalue weighted by Crippen LogP contribution is -2.26. The van der Waals surface area contributed by atoms with Gasteiger partial charge in [-0.25, -0.2) is 19.3 Å². The molecular weight excluding hydrogens is 402 g/mol. The van der Waals surface area contributed by atoms with Gasteiger partial charge in [0, 0.05) is 38.4 Å². The molecule has 0 spiro atoms. The molecule has 6 nitrogen and oxygen atoms in total. The van der Waals surface area contributed by atoms with Crippen molar-refractivity contribution in [3.8, 4) is 5.88 Å². The molecule has 2 fully saturated rings. The molecule has 1 saturated heterocycles. The van der Waals surface area contributed by atoms with Crippen molar-refractivity contribution >= 4 is 11.2 Å². The highest BCUT2D eigenvalue weighted by Crippen LogP contribution is 2.52. The van der Waals surface area contributed by atoms with E-state index in [-0.39, 0.29) is 18.4 Å². The standard InChI is InChI=1S/C20H19F4N5O/c1-28-16-3-2-4-25-18(16)27-17(28)9-29-7-12-13(8-29)14(12)10-30-19-15(21)5-11(6-26-19)20(22,23)24/h2-6,12-14H,7-10H2,1H3/t12-,13+,14+. The number of halogens is 4. The Labute approximate surface area is 169 Å². The first-order valence-corrected chi connectivity index (χ1v) is 9.65. The summed E-state index contributed by atoms with van der Waals surface area (Å²) in [5.41, 5.74) is 0.606. The van der Waals surface area contributed by atoms with Crippen molar-refractivity contribution in [2.24, 2.45) is 24.8 Å². The number of alkyl halides is 3. The van der Waals surface area contributed by atoms with Crippen molar-refractivity contribution in [2.45, 2.75) is 12.7 Å². The van der Waals surface area contributed by atoms with E-state index in [2.05, 4.69) is 19.9 Å². The van der Waals surface area contributed by atoms with Crippen LogP contribution in [0.25, 0.3) is 11.2 Å². The minimum Gasteiger partial charge on any atom is -0.475 e. The summed E-state index contributed by atoms with van der Waals surface area (Å²) >= 11 is 0. The second-order valence-electron chi connectivity index (χ2n) is 7.94. The number of piperidine rings is 1. The summed E-state index contributed by atoms with van der Waals surface area (Å²) in [6, 6.07) is 4.29. The molecule has 5 rings (SSSR count). The molecule has 0 aromatic carbocycles. The van der Waals surface area contributed by atoms with Gasteiger partial charge < -0.3 is 9.30 Å². The maximum Gasteiger partial charge on any atom is 0.417 e. The summed E-state index contributed by atoms with van der Waals surface area (Å²) in [6.45, 7) is 2.76. The molecule has 0 amide bonds. The summed E-state index contributed by atoms with van der Waals surface area (Å²) in [7, 11) is 1.98. The van der Waals surface area contributed by atoms with Gasteiger partial charge in [-0.05, 0) is 30.0 Å². The summed E-state index contributed by atoms with van der Waals surface area (Å²) in [5.74, 6) is 0.635. The van der Waals surface area contributed by atoms with E-state index in [1.807, 2.05) is 23.7 Å². The van der Waals surface area contributed by atoms with E-state index < -0.39 is 17.6 Å². The number of hydrogen-bond acceptors (Lipinski definition) is 5. The first-order chi connectivity index (χ1) is 14.3. The number of rotatable bonds is 5. The number of fused-ring (bicyclic) bond motifs is 2. The van der Waals surface area contributed by atoms with Gasteiger partial charge in [-0.1, -0.05) is 0 Å². The van der Waals surface area contributed by atoms with Crippen LogP contribution in [0.5, 0.6) is 5.88 Å². The van der Waals surface area contributed by atoms with Crippen LogP contribution in [0.2, 0.25) is 0 Å². The van der Waals surface area contributed by atoms with Gasteiger partial charge in [-0.15, -0.1) is 0 Å². The fourth-order valence-corrected chi connectivity index (χ4v) is 4.39. The Kier molecular flexibility index (Phi) is 4.42. The van der Waals surface area contributed by atoms with Gasteiger partial charge in [0.05, 0.1) is 24.2 Å². The molecule has 158 valence electrons. The summed E-state index contributed by atoms with van der Waals surface area (Å²) in [5, 5.41) is 0. The normalized spacial score (nSPS) is 23.7. The van der Waals surface area contributed by atoms with Crippen LogP contribution in [0.1, 0.15) is 11.4 Å². The van der Waals surface area contributed by atoms with E-state index in [0.717, 1.165) is 36.6 Å². The van der Waals surface area contributed by atoms with Crippen LogP contribution in [0, 0.1) is 23.6 Å². The largest absolute Gasteiger partial charge is 0.475 e. The number of aromatic nitrogens is 4. The Morgan fingerprint density at radius 1 is 1.20 bits per heavy atom. The zero-order chi connectivity index (χ0) is 21.0. The lowest BCUT2D eigenvalue weighted by atomic mass is 10.2. The lowest BCUT2D eigenvalue weighted by Gasteiger charge is -2.19. The zero-order valence-electron chi connectivity index (χ0n) is 16.1. The molecule has 30 heavy (non-hydrogen) atoms. The molecule has 1 aliphatic carbocycles. The monoisotopic (exact) mass is 421 g/mol. The Morgan fingerprint density at radius 2 is 1.97 bits per heavy atom. The minimum atomic E-state index is -4.63. The molecule has 4 heterocycles. The van der Waals surface area contributed by atoms with Crippen LogP contribution in [-0.4, -0.2) is 44.1 Å². The molecule has 3 aromatic heterocycles. The second-order valence-corrected chi connectivity index (χ2v) is 7.94. The van der Waals surface area contributed by atoms with Crippen LogP contribution in [-0.2, 0) is 19.8 Å². The molecule has 1 aliphatic heterocycles. The minimum absolute atomic E-state index is 0.259. The van der Waals surface area contributed by atoms with Gasteiger partial charge >= 0.3 is 6.18 Å². The van der Waals surface area contributed by atoms with E-state index >= 15 is 0 Å². The summed E-state index contributed by atoms with van der Waals surface area (Å²) in [4.78, 5) is 14.7. The molecular formula is C20H19F4N5O. The molecule has 1 saturated carbocycles. The van der Waals surface area contributed by atoms with Crippen LogP contribution in [0.3, 0.4) is 0 Å². The van der Waals surface area contributed by atoms with Crippen LogP contribution < -0.4 is 4.74 Å². The van der Waals surface area contributed by atoms with Crippen LogP contribution >= 0.6 is 0 Å². The predicted octanol–water partition coefficient (Wildman–Crippen LogP) is 3.28. The number of aryl methyl sites for hydroxylation is 1. The lowest BCUT2D eigenvalue weighted by molar-refractivity contribution is -0.138. The third kappa shape index (κ3) is 3.38. The van der Waals surface area contributed by atoms with E-state index in [9.17, 15) is 17.6 Å². The number of hydrogen-bond donors (Lipinski definition) is 0. The van der Waals surface area contributed by atoms with Crippen molar-refractivity contribution in [1.29, 1.82) is 0 Å². The Hall–Kier alpha value is -2.75. The highest BCUT2D eigenvalue weighted by atomic mass is 19.4. The van der Waals surface area contributed by atoms with E-state index in [4.69, 9.17) is 4.74 Å². The maximum atomic E-state index is 13.9. The molecule has 2 aliphatic rings. The molecule has 3 atom stereocenters. The molecule has 0 radical (unpaired) electrons. The van der Waals surface area contributed by atoms with Crippen LogP contribution in [0.4, 0.5) is 17.6 Å². The highest BCUT2D eigenvalue weighted by molar-refractivity contribution is 5.71. The van der Waals surface area contributed by atoms with Gasteiger partial charge in [0.15, 0.2) is 11.5 Å². The van der Waals surface area contributed by atoms with E-state index in [1.165, 1.54) is 0 Å². The quantitative estimate of drug-likeness (QED) is 0.592. The SMILES string of the molecule is Cn1c(CN2C[C@@H]3[C@@H](COc4ncc(C(F)(F)F)cc4F)[C@@H]3C2)nc2ncccc21. The van der Waals surface area contributed by atoms with Gasteiger partial charge in [0.25, 0.3) is 0 Å². The van der Waals surface area contributed by atoms with E-state index in [0.29, 0.717) is 24.1 Å². The fourth-order valence-electron chi connectivity index (χ4n) is 4.39. The van der Waals surface area contributed by atoms with Crippen molar-refractivity contribution in [3.63, 3.8) is 0 Å². The maximum absolute atomic E-state index is 13.9. The Bertz CT molecular complexity index is 1090. The number of imidazole rings is 1. The molecule has 0 bridgehead atoms. The molecule has 10 heteroatoms. The number of pyridine rings is 2. The third-order valence-corrected chi connectivity index (χ3v) is 6.11. The number of likely N-dealkylation sites (tertiary alicyclic amines) is 1. The van der Waals surface area contributed by atoms with Crippen LogP contribution in [0.15, 0.2) is 30.6 Å². The summed E-state index contributed by atoms with van der Waals surface area (Å²) in [6.07, 6.45) is -2.30. The van der Waals surface area contributed by atoms with Gasteiger partial charge in [0.2, 0.25) is 5.88 Å². The first-order valence-electron chi connectivity index (χ1n) is 9.65. The number of nitrogens with zero attached hydrogens (tertiary/aromatic N) is 5. The topological polar surface area (TPSA) is 56.1 Å². The molecule has 0 unspecified atom stereocenters. The fraction of sp³-hybridized carbons (Fsp3) is 0.450. The van der Waals surface area contributed by atoms with Crippen molar-refractivity contribution in [3.05, 3.63) is 47.8 Å². The van der Waals surface area contributed by atoms with Crippen molar-refractivity contribution < 1.29 is 22.3 Å².